The Morgan fingerprint density at radius 2 is 1.05 bits per heavy atom. The van der Waals surface area contributed by atoms with Crippen LogP contribution in [0.15, 0.2) is 47.0 Å². The third-order valence-electron chi connectivity index (χ3n) is 6.45. The molecule has 4 aliphatic rings. The second-order valence-corrected chi connectivity index (χ2v) is 12.6. The molecule has 2 saturated heterocycles. The molecule has 4 atom stereocenters. The molecule has 4 unspecified atom stereocenters. The maximum absolute atomic E-state index is 11.4. The van der Waals surface area contributed by atoms with E-state index in [0.29, 0.717) is 12.2 Å². The molecule has 0 bridgehead atoms. The monoisotopic (exact) mass is 598 g/mol. The lowest BCUT2D eigenvalue weighted by molar-refractivity contribution is 0.109. The Hall–Kier alpha value is -1.86. The molecule has 2 heterocycles. The second-order valence-electron chi connectivity index (χ2n) is 9.38. The van der Waals surface area contributed by atoms with Crippen LogP contribution in [0.5, 0.6) is 0 Å². The largest absolute Gasteiger partial charge is 0.508 e. The topological polar surface area (TPSA) is 232 Å². The molecule has 0 aromatic rings. The van der Waals surface area contributed by atoms with Gasteiger partial charge in [0.25, 0.3) is 20.2 Å². The van der Waals surface area contributed by atoms with Crippen LogP contribution < -0.4 is 10.6 Å². The molecular weight excluding hydrogens is 560 g/mol. The molecule has 2 aliphatic carbocycles. The van der Waals surface area contributed by atoms with Gasteiger partial charge in [0.05, 0.1) is 26.4 Å². The number of morpholine rings is 2. The first kappa shape index (κ1) is 33.3. The van der Waals surface area contributed by atoms with E-state index >= 15 is 0 Å². The van der Waals surface area contributed by atoms with Crippen molar-refractivity contribution in [3.8, 4) is 0 Å². The summed E-state index contributed by atoms with van der Waals surface area (Å²) in [4.78, 5) is -5.45. The molecule has 2 aliphatic heterocycles. The second kappa shape index (κ2) is 13.7. The summed E-state index contributed by atoms with van der Waals surface area (Å²) < 4.78 is 73.9. The molecule has 0 saturated carbocycles. The van der Waals surface area contributed by atoms with Crippen molar-refractivity contribution in [2.75, 3.05) is 52.6 Å². The molecule has 2 fully saturated rings. The molecule has 0 radical (unpaired) electrons. The van der Waals surface area contributed by atoms with Gasteiger partial charge in [-0.15, -0.1) is 0 Å². The summed E-state index contributed by atoms with van der Waals surface area (Å²) >= 11 is 0. The van der Waals surface area contributed by atoms with E-state index in [-0.39, 0.29) is 17.6 Å². The third kappa shape index (κ3) is 8.56. The highest BCUT2D eigenvalue weighted by Crippen LogP contribution is 2.40. The van der Waals surface area contributed by atoms with Crippen molar-refractivity contribution >= 4 is 20.2 Å². The smallest absolute Gasteiger partial charge is 0.299 e. The molecule has 0 aromatic heterocycles. The molecule has 16 heteroatoms. The summed E-state index contributed by atoms with van der Waals surface area (Å²) in [5.41, 5.74) is 0.179. The summed E-state index contributed by atoms with van der Waals surface area (Å²) in [6, 6.07) is 0. The molecule has 4 rings (SSSR count). The predicted molar refractivity (Wildman–Crippen MR) is 141 cm³/mol. The van der Waals surface area contributed by atoms with Crippen LogP contribution >= 0.6 is 0 Å². The Bertz CT molecular complexity index is 1070. The SMILES string of the molecule is C1COCCN1.C1COCCN1.CC1C=C(CC2=CC(C)C(O)(S(=O)(=O)O)C=C2O)C(O)=CC1(O)S(=O)(=O)O. The number of allylic oxidation sites excluding steroid dienone is 2. The average Bonchev–Trinajstić information content (AvgIpc) is 2.87. The minimum absolute atomic E-state index is 0.0894. The van der Waals surface area contributed by atoms with Gasteiger partial charge in [-0.05, 0) is 11.1 Å². The standard InChI is InChI=1S/C15H20O10S2.2C4H9NO/c1-8-3-10(12(16)6-14(8,18)26(20,21)22)5-11-4-9(2)15(19,7-13(11)17)27(23,24)25;2*1-3-6-4-2-5-1/h3-4,6-9,16-19H,5H2,1-2H3,(H,20,21,22)(H,23,24,25);2*5H,1-4H2. The normalized spacial score (nSPS) is 31.6. The van der Waals surface area contributed by atoms with E-state index < -0.39 is 53.5 Å². The van der Waals surface area contributed by atoms with E-state index in [9.17, 15) is 46.4 Å². The Labute approximate surface area is 228 Å². The quantitative estimate of drug-likeness (QED) is 0.196. The Kier molecular flexibility index (Phi) is 11.7. The third-order valence-corrected chi connectivity index (χ3v) is 9.08. The maximum atomic E-state index is 11.4. The first-order valence-electron chi connectivity index (χ1n) is 12.2. The zero-order chi connectivity index (χ0) is 29.5. The average molecular weight is 599 g/mol. The molecule has 14 nitrogen and oxygen atoms in total. The zero-order valence-electron chi connectivity index (χ0n) is 21.8. The van der Waals surface area contributed by atoms with Gasteiger partial charge in [0.15, 0.2) is 0 Å². The van der Waals surface area contributed by atoms with Gasteiger partial charge >= 0.3 is 0 Å². The van der Waals surface area contributed by atoms with Gasteiger partial charge in [0.2, 0.25) is 9.87 Å². The van der Waals surface area contributed by atoms with Crippen LogP contribution in [0.1, 0.15) is 20.3 Å². The summed E-state index contributed by atoms with van der Waals surface area (Å²) in [5.74, 6) is -3.63. The molecule has 224 valence electrons. The van der Waals surface area contributed by atoms with Crippen molar-refractivity contribution in [3.63, 3.8) is 0 Å². The minimum Gasteiger partial charge on any atom is -0.508 e. The van der Waals surface area contributed by atoms with Gasteiger partial charge in [-0.3, -0.25) is 9.11 Å². The highest BCUT2D eigenvalue weighted by molar-refractivity contribution is 7.87. The highest BCUT2D eigenvalue weighted by Gasteiger charge is 2.48. The number of aliphatic hydroxyl groups excluding tert-OH is 2. The fraction of sp³-hybridized carbons (Fsp3) is 0.652. The van der Waals surface area contributed by atoms with Gasteiger partial charge in [-0.1, -0.05) is 26.0 Å². The van der Waals surface area contributed by atoms with Gasteiger partial charge in [-0.25, -0.2) is 0 Å². The highest BCUT2D eigenvalue weighted by atomic mass is 32.2. The van der Waals surface area contributed by atoms with E-state index in [1.165, 1.54) is 26.0 Å². The van der Waals surface area contributed by atoms with Crippen molar-refractivity contribution in [2.24, 2.45) is 11.8 Å². The zero-order valence-corrected chi connectivity index (χ0v) is 23.4. The van der Waals surface area contributed by atoms with Crippen molar-refractivity contribution in [3.05, 3.63) is 47.0 Å². The Morgan fingerprint density at radius 1 is 0.744 bits per heavy atom. The van der Waals surface area contributed by atoms with E-state index in [4.69, 9.17) is 9.47 Å². The van der Waals surface area contributed by atoms with Crippen LogP contribution in [0.25, 0.3) is 0 Å². The van der Waals surface area contributed by atoms with E-state index in [0.717, 1.165) is 52.6 Å². The number of aliphatic hydroxyl groups is 4. The summed E-state index contributed by atoms with van der Waals surface area (Å²) in [7, 11) is -9.89. The number of hydrogen-bond donors (Lipinski definition) is 8. The molecule has 39 heavy (non-hydrogen) atoms. The van der Waals surface area contributed by atoms with Gasteiger partial charge in [-0.2, -0.15) is 16.8 Å². The van der Waals surface area contributed by atoms with Crippen molar-refractivity contribution in [2.45, 2.75) is 30.1 Å². The molecule has 0 aromatic carbocycles. The number of rotatable bonds is 4. The first-order chi connectivity index (χ1) is 18.0. The van der Waals surface area contributed by atoms with E-state index in [1.807, 2.05) is 0 Å². The van der Waals surface area contributed by atoms with Gasteiger partial charge in [0.1, 0.15) is 11.5 Å². The number of hydrogen-bond acceptors (Lipinski definition) is 12. The van der Waals surface area contributed by atoms with Crippen molar-refractivity contribution in [1.29, 1.82) is 0 Å². The van der Waals surface area contributed by atoms with Crippen LogP contribution in [-0.2, 0) is 29.7 Å². The van der Waals surface area contributed by atoms with E-state index in [1.54, 1.807) is 0 Å². The maximum Gasteiger partial charge on any atom is 0.299 e. The number of nitrogens with one attached hydrogen (secondary N) is 2. The molecule has 8 N–H and O–H groups in total. The number of ether oxygens (including phenoxy) is 2. The fourth-order valence-corrected chi connectivity index (χ4v) is 5.60. The van der Waals surface area contributed by atoms with Crippen LogP contribution in [-0.4, -0.2) is 109 Å². The summed E-state index contributed by atoms with van der Waals surface area (Å²) in [5, 5.41) is 46.6. The van der Waals surface area contributed by atoms with E-state index in [2.05, 4.69) is 10.6 Å². The summed E-state index contributed by atoms with van der Waals surface area (Å²) in [6.07, 6.45) is 3.26. The van der Waals surface area contributed by atoms with Crippen LogP contribution in [0.2, 0.25) is 0 Å². The Balaban J connectivity index is 0.000000360. The summed E-state index contributed by atoms with van der Waals surface area (Å²) in [6.45, 7) is 10.2. The van der Waals surface area contributed by atoms with Gasteiger partial charge < -0.3 is 40.5 Å². The van der Waals surface area contributed by atoms with Crippen molar-refractivity contribution in [1.82, 2.24) is 10.6 Å². The lowest BCUT2D eigenvalue weighted by Crippen LogP contribution is -2.44. The minimum atomic E-state index is -4.94. The lowest BCUT2D eigenvalue weighted by atomic mass is 9.86. The van der Waals surface area contributed by atoms with Crippen molar-refractivity contribution < 1.29 is 55.8 Å². The molecule has 0 spiro atoms. The van der Waals surface area contributed by atoms with Gasteiger partial charge in [0, 0.05) is 56.6 Å². The lowest BCUT2D eigenvalue weighted by Gasteiger charge is -2.32. The van der Waals surface area contributed by atoms with Crippen LogP contribution in [0.4, 0.5) is 0 Å². The molecular formula is C23H38N2O12S2. The molecule has 0 amide bonds. The predicted octanol–water partition coefficient (Wildman–Crippen LogP) is -0.222. The Morgan fingerprint density at radius 3 is 1.26 bits per heavy atom. The fourth-order valence-electron chi connectivity index (χ4n) is 4.01. The van der Waals surface area contributed by atoms with Crippen LogP contribution in [0.3, 0.4) is 0 Å². The van der Waals surface area contributed by atoms with Crippen LogP contribution in [0, 0.1) is 11.8 Å². The first-order valence-corrected chi connectivity index (χ1v) is 15.1.